The van der Waals surface area contributed by atoms with Gasteiger partial charge < -0.3 is 19.7 Å². The van der Waals surface area contributed by atoms with Gasteiger partial charge in [0.2, 0.25) is 5.82 Å². The van der Waals surface area contributed by atoms with Gasteiger partial charge in [0.1, 0.15) is 29.3 Å². The van der Waals surface area contributed by atoms with Crippen molar-refractivity contribution in [3.05, 3.63) is 58.4 Å². The third-order valence-corrected chi connectivity index (χ3v) is 6.28. The van der Waals surface area contributed by atoms with Crippen LogP contribution in [0.4, 0.5) is 17.6 Å². The normalized spacial score (nSPS) is 16.7. The van der Waals surface area contributed by atoms with Gasteiger partial charge in [-0.1, -0.05) is 0 Å². The largest absolute Gasteiger partial charge is 0.491 e. The average molecular weight is 526 g/mol. The molecular formula is C23H23F4N5O3S. The molecule has 0 saturated carbocycles. The van der Waals surface area contributed by atoms with Crippen LogP contribution in [0.5, 0.6) is 5.75 Å². The number of carbonyl (C=O) groups excluding carboxylic acids is 1. The third kappa shape index (κ3) is 6.33. The molecule has 4 rings (SSSR count). The Labute approximate surface area is 208 Å². The number of benzene rings is 1. The maximum atomic E-state index is 15.4. The van der Waals surface area contributed by atoms with E-state index in [9.17, 15) is 18.0 Å². The number of hydrogen-bond donors (Lipinski definition) is 1. The summed E-state index contributed by atoms with van der Waals surface area (Å²) in [4.78, 5) is 26.6. The van der Waals surface area contributed by atoms with Crippen LogP contribution in [0.15, 0.2) is 30.7 Å². The van der Waals surface area contributed by atoms with Crippen molar-refractivity contribution in [2.45, 2.75) is 25.7 Å². The maximum Gasteiger partial charge on any atom is 0.451 e. The molecule has 1 aromatic carbocycles. The number of morpholine rings is 1. The first kappa shape index (κ1) is 25.9. The van der Waals surface area contributed by atoms with Crippen molar-refractivity contribution in [2.75, 3.05) is 33.4 Å². The molecule has 1 fully saturated rings. The molecule has 36 heavy (non-hydrogen) atoms. The lowest BCUT2D eigenvalue weighted by Crippen LogP contribution is -2.42. The molecule has 1 N–H and O–H groups in total. The summed E-state index contributed by atoms with van der Waals surface area (Å²) in [6.45, 7) is 3.89. The Hall–Kier alpha value is -3.16. The molecule has 1 aliphatic rings. The quantitative estimate of drug-likeness (QED) is 0.471. The molecule has 0 unspecified atom stereocenters. The van der Waals surface area contributed by atoms with Crippen molar-refractivity contribution in [2.24, 2.45) is 0 Å². The van der Waals surface area contributed by atoms with Gasteiger partial charge in [0.05, 0.1) is 17.7 Å². The van der Waals surface area contributed by atoms with Crippen molar-refractivity contribution in [1.82, 2.24) is 25.2 Å². The highest BCUT2D eigenvalue weighted by molar-refractivity contribution is 7.14. The lowest BCUT2D eigenvalue weighted by Gasteiger charge is -2.29. The second kappa shape index (κ2) is 10.8. The minimum Gasteiger partial charge on any atom is -0.491 e. The Kier molecular flexibility index (Phi) is 7.81. The van der Waals surface area contributed by atoms with E-state index in [1.165, 1.54) is 23.5 Å². The van der Waals surface area contributed by atoms with Crippen LogP contribution in [-0.4, -0.2) is 65.2 Å². The van der Waals surface area contributed by atoms with Gasteiger partial charge in [-0.2, -0.15) is 13.2 Å². The summed E-state index contributed by atoms with van der Waals surface area (Å²) in [7, 11) is 1.97. The van der Waals surface area contributed by atoms with Crippen molar-refractivity contribution in [3.63, 3.8) is 0 Å². The summed E-state index contributed by atoms with van der Waals surface area (Å²) in [5.41, 5.74) is 0.0404. The zero-order valence-electron chi connectivity index (χ0n) is 19.4. The van der Waals surface area contributed by atoms with E-state index in [1.807, 2.05) is 14.0 Å². The van der Waals surface area contributed by atoms with Gasteiger partial charge in [-0.05, 0) is 26.1 Å². The van der Waals surface area contributed by atoms with Gasteiger partial charge in [-0.15, -0.1) is 11.3 Å². The number of nitrogens with zero attached hydrogens (tertiary/aromatic N) is 4. The molecule has 192 valence electrons. The van der Waals surface area contributed by atoms with Crippen LogP contribution in [0.3, 0.4) is 0 Å². The van der Waals surface area contributed by atoms with E-state index in [0.717, 1.165) is 23.8 Å². The first-order chi connectivity index (χ1) is 17.1. The highest BCUT2D eigenvalue weighted by Gasteiger charge is 2.34. The Morgan fingerprint density at radius 1 is 1.25 bits per heavy atom. The number of thiazole rings is 1. The number of halogens is 4. The smallest absolute Gasteiger partial charge is 0.451 e. The molecule has 0 radical (unpaired) electrons. The van der Waals surface area contributed by atoms with E-state index in [2.05, 4.69) is 25.2 Å². The van der Waals surface area contributed by atoms with E-state index >= 15 is 4.39 Å². The number of likely N-dealkylation sites (N-methyl/N-ethyl adjacent to an activating group) is 1. The molecule has 0 bridgehead atoms. The minimum absolute atomic E-state index is 0.107. The van der Waals surface area contributed by atoms with Crippen LogP contribution in [0, 0.1) is 12.7 Å². The number of aromatic nitrogens is 3. The van der Waals surface area contributed by atoms with Crippen molar-refractivity contribution >= 4 is 17.2 Å². The van der Waals surface area contributed by atoms with Gasteiger partial charge in [-0.3, -0.25) is 4.79 Å². The van der Waals surface area contributed by atoms with E-state index in [-0.39, 0.29) is 41.7 Å². The van der Waals surface area contributed by atoms with E-state index < -0.39 is 23.7 Å². The predicted octanol–water partition coefficient (Wildman–Crippen LogP) is 3.71. The highest BCUT2D eigenvalue weighted by atomic mass is 32.1. The minimum atomic E-state index is -4.67. The van der Waals surface area contributed by atoms with Crippen molar-refractivity contribution in [3.8, 4) is 16.3 Å². The molecule has 3 aromatic rings. The topological polar surface area (TPSA) is 89.5 Å². The van der Waals surface area contributed by atoms with E-state index in [1.54, 1.807) is 6.20 Å². The third-order valence-electron chi connectivity index (χ3n) is 5.33. The van der Waals surface area contributed by atoms with Gasteiger partial charge in [0.15, 0.2) is 0 Å². The first-order valence-electron chi connectivity index (χ1n) is 11.0. The predicted molar refractivity (Wildman–Crippen MR) is 123 cm³/mol. The lowest BCUT2D eigenvalue weighted by molar-refractivity contribution is -0.145. The van der Waals surface area contributed by atoms with Crippen molar-refractivity contribution in [1.29, 1.82) is 0 Å². The molecule has 1 amide bonds. The monoisotopic (exact) mass is 525 g/mol. The van der Waals surface area contributed by atoms with Gasteiger partial charge in [0.25, 0.3) is 5.91 Å². The van der Waals surface area contributed by atoms with Gasteiger partial charge in [-0.25, -0.2) is 19.3 Å². The zero-order chi connectivity index (χ0) is 25.9. The Bertz CT molecular complexity index is 1220. The highest BCUT2D eigenvalue weighted by Crippen LogP contribution is 2.33. The Morgan fingerprint density at radius 2 is 2.00 bits per heavy atom. The van der Waals surface area contributed by atoms with Crippen LogP contribution >= 0.6 is 11.3 Å². The fraction of sp³-hybridized carbons (Fsp3) is 0.391. The first-order valence-corrected chi connectivity index (χ1v) is 11.8. The van der Waals surface area contributed by atoms with Crippen LogP contribution in [0.1, 0.15) is 26.6 Å². The Balaban J connectivity index is 1.53. The summed E-state index contributed by atoms with van der Waals surface area (Å²) in [6, 6.07) is 2.77. The fourth-order valence-corrected chi connectivity index (χ4v) is 4.28. The standard InChI is InChI=1S/C23H23F4N5O3S/c1-13-7-29-21(36-13)18-6-15(35-12-16-11-32(2)3-4-34-16)5-17(19(18)24)20(33)28-8-14-9-30-22(31-10-14)23(25,26)27/h5-7,9-10,16H,3-4,8,11-12H2,1-2H3,(H,28,33)/t16-/m1/s1. The molecular weight excluding hydrogens is 502 g/mol. The van der Waals surface area contributed by atoms with Crippen molar-refractivity contribution < 1.29 is 31.8 Å². The molecule has 3 heterocycles. The number of hydrogen-bond acceptors (Lipinski definition) is 8. The summed E-state index contributed by atoms with van der Waals surface area (Å²) < 4.78 is 64.9. The van der Waals surface area contributed by atoms with Crippen LogP contribution < -0.4 is 10.1 Å². The molecule has 1 atom stereocenters. The van der Waals surface area contributed by atoms with Crippen LogP contribution in [0.25, 0.3) is 10.6 Å². The zero-order valence-corrected chi connectivity index (χ0v) is 20.2. The van der Waals surface area contributed by atoms with Gasteiger partial charge >= 0.3 is 6.18 Å². The lowest BCUT2D eigenvalue weighted by atomic mass is 10.1. The fourth-order valence-electron chi connectivity index (χ4n) is 3.51. The number of alkyl halides is 3. The summed E-state index contributed by atoms with van der Waals surface area (Å²) in [6.07, 6.45) is -1.35. The van der Waals surface area contributed by atoms with Gasteiger partial charge in [0, 0.05) is 48.7 Å². The summed E-state index contributed by atoms with van der Waals surface area (Å²) in [5.74, 6) is -2.59. The molecule has 0 spiro atoms. The number of ether oxygens (including phenoxy) is 2. The SMILES string of the molecule is Cc1cnc(-c2cc(OC[C@H]3CN(C)CCO3)cc(C(=O)NCc3cnc(C(F)(F)F)nc3)c2F)s1. The maximum absolute atomic E-state index is 15.4. The number of nitrogens with one attached hydrogen (secondary N) is 1. The second-order valence-electron chi connectivity index (χ2n) is 8.27. The van der Waals surface area contributed by atoms with E-state index in [0.29, 0.717) is 18.2 Å². The van der Waals surface area contributed by atoms with E-state index in [4.69, 9.17) is 9.47 Å². The molecule has 2 aromatic heterocycles. The number of rotatable bonds is 7. The number of aryl methyl sites for hydroxylation is 1. The van der Waals surface area contributed by atoms with Crippen LogP contribution in [0.2, 0.25) is 0 Å². The molecule has 8 nitrogen and oxygen atoms in total. The number of carbonyl (C=O) groups is 1. The molecule has 1 aliphatic heterocycles. The second-order valence-corrected chi connectivity index (χ2v) is 9.50. The van der Waals surface area contributed by atoms with Crippen LogP contribution in [-0.2, 0) is 17.5 Å². The average Bonchev–Trinajstić information content (AvgIpc) is 3.27. The number of amides is 1. The molecule has 0 aliphatic carbocycles. The molecule has 1 saturated heterocycles. The molecule has 13 heteroatoms. The summed E-state index contributed by atoms with van der Waals surface area (Å²) >= 11 is 1.27. The summed E-state index contributed by atoms with van der Waals surface area (Å²) in [5, 5.41) is 2.88. The Morgan fingerprint density at radius 3 is 2.64 bits per heavy atom.